The summed E-state index contributed by atoms with van der Waals surface area (Å²) in [6, 6.07) is 1.93. The number of fused-ring (bicyclic) bond motifs is 1. The Morgan fingerprint density at radius 2 is 1.96 bits per heavy atom. The first-order valence-corrected chi connectivity index (χ1v) is 8.66. The molecule has 0 spiro atoms. The van der Waals surface area contributed by atoms with Gasteiger partial charge in [-0.1, -0.05) is 26.3 Å². The molecule has 3 atom stereocenters. The predicted molar refractivity (Wildman–Crippen MR) is 90.4 cm³/mol. The fraction of sp³-hybridized carbons (Fsp3) is 0.600. The standard InChI is InChI=1S/C20H26O4/c1-12-14(6-5-13-8-10-24-11-13)20(4)9-7-15(21)19(2,3)18(20)17(23)16(12)22/h8,10-11,17-18,23H,5-7,9H2,1-4H3/t17-,18-,20+/m0/s1. The van der Waals surface area contributed by atoms with Crippen molar-refractivity contribution in [1.29, 1.82) is 0 Å². The van der Waals surface area contributed by atoms with Gasteiger partial charge in [-0.15, -0.1) is 0 Å². The number of hydrogen-bond acceptors (Lipinski definition) is 4. The minimum atomic E-state index is -1.09. The molecule has 4 heteroatoms. The predicted octanol–water partition coefficient (Wildman–Crippen LogP) is 3.48. The van der Waals surface area contributed by atoms with Crippen LogP contribution in [-0.2, 0) is 16.0 Å². The lowest BCUT2D eigenvalue weighted by atomic mass is 9.48. The smallest absolute Gasteiger partial charge is 0.187 e. The van der Waals surface area contributed by atoms with E-state index < -0.39 is 11.5 Å². The molecule has 2 aliphatic rings. The number of aliphatic hydroxyl groups is 1. The van der Waals surface area contributed by atoms with Gasteiger partial charge >= 0.3 is 0 Å². The highest BCUT2D eigenvalue weighted by Crippen LogP contribution is 2.58. The van der Waals surface area contributed by atoms with Crippen molar-refractivity contribution >= 4 is 11.6 Å². The average molecular weight is 330 g/mol. The fourth-order valence-electron chi connectivity index (χ4n) is 5.03. The van der Waals surface area contributed by atoms with Gasteiger partial charge in [0.25, 0.3) is 0 Å². The summed E-state index contributed by atoms with van der Waals surface area (Å²) >= 11 is 0. The Morgan fingerprint density at radius 3 is 2.58 bits per heavy atom. The van der Waals surface area contributed by atoms with Crippen LogP contribution in [0, 0.1) is 16.7 Å². The van der Waals surface area contributed by atoms with Crippen molar-refractivity contribution in [3.8, 4) is 0 Å². The van der Waals surface area contributed by atoms with Crippen LogP contribution in [0.5, 0.6) is 0 Å². The first-order valence-electron chi connectivity index (χ1n) is 8.66. The molecular formula is C20H26O4. The van der Waals surface area contributed by atoms with Crippen LogP contribution in [0.25, 0.3) is 0 Å². The number of furan rings is 1. The van der Waals surface area contributed by atoms with Gasteiger partial charge in [-0.2, -0.15) is 0 Å². The maximum Gasteiger partial charge on any atom is 0.187 e. The van der Waals surface area contributed by atoms with Crippen molar-refractivity contribution in [3.05, 3.63) is 35.3 Å². The van der Waals surface area contributed by atoms with Crippen LogP contribution >= 0.6 is 0 Å². The van der Waals surface area contributed by atoms with Crippen molar-refractivity contribution in [2.24, 2.45) is 16.7 Å². The maximum absolute atomic E-state index is 12.7. The summed E-state index contributed by atoms with van der Waals surface area (Å²) in [5.41, 5.74) is 1.86. The van der Waals surface area contributed by atoms with E-state index in [9.17, 15) is 14.7 Å². The van der Waals surface area contributed by atoms with E-state index in [4.69, 9.17) is 4.42 Å². The van der Waals surface area contributed by atoms with Crippen molar-refractivity contribution in [2.75, 3.05) is 0 Å². The van der Waals surface area contributed by atoms with Crippen LogP contribution in [0.2, 0.25) is 0 Å². The lowest BCUT2D eigenvalue weighted by Gasteiger charge is -2.55. The molecule has 1 aromatic heterocycles. The van der Waals surface area contributed by atoms with Crippen LogP contribution in [0.15, 0.2) is 34.2 Å². The van der Waals surface area contributed by atoms with E-state index in [1.54, 1.807) is 12.5 Å². The molecule has 24 heavy (non-hydrogen) atoms. The average Bonchev–Trinajstić information content (AvgIpc) is 3.02. The number of allylic oxidation sites excluding steroid dienone is 1. The number of rotatable bonds is 3. The van der Waals surface area contributed by atoms with Gasteiger partial charge in [0, 0.05) is 17.8 Å². The molecule has 0 bridgehead atoms. The second-order valence-corrected chi connectivity index (χ2v) is 8.08. The van der Waals surface area contributed by atoms with E-state index >= 15 is 0 Å². The molecule has 3 rings (SSSR count). The number of carbonyl (C=O) groups is 2. The third kappa shape index (κ3) is 2.39. The molecule has 2 aliphatic carbocycles. The van der Waals surface area contributed by atoms with Gasteiger partial charge in [0.1, 0.15) is 11.9 Å². The Kier molecular flexibility index (Phi) is 4.07. The summed E-state index contributed by atoms with van der Waals surface area (Å²) in [5.74, 6) is -0.435. The number of Topliss-reactive ketones (excluding diaryl/α,β-unsaturated/α-hetero) is 2. The Hall–Kier alpha value is -1.68. The van der Waals surface area contributed by atoms with Gasteiger partial charge in [-0.25, -0.2) is 0 Å². The number of carbonyl (C=O) groups excluding carboxylic acids is 2. The maximum atomic E-state index is 12.7. The fourth-order valence-corrected chi connectivity index (χ4v) is 5.03. The van der Waals surface area contributed by atoms with Crippen LogP contribution < -0.4 is 0 Å². The van der Waals surface area contributed by atoms with E-state index in [0.29, 0.717) is 18.4 Å². The van der Waals surface area contributed by atoms with Gasteiger partial charge in [-0.3, -0.25) is 9.59 Å². The SMILES string of the molecule is CC1=C(CCc2ccoc2)[C@@]2(C)CCC(=O)C(C)(C)[C@@H]2[C@@H](O)C1=O. The summed E-state index contributed by atoms with van der Waals surface area (Å²) < 4.78 is 5.13. The summed E-state index contributed by atoms with van der Waals surface area (Å²) in [7, 11) is 0. The Labute approximate surface area is 142 Å². The molecule has 130 valence electrons. The van der Waals surface area contributed by atoms with E-state index in [-0.39, 0.29) is 22.9 Å². The molecule has 1 aromatic rings. The van der Waals surface area contributed by atoms with E-state index in [2.05, 4.69) is 6.92 Å². The molecule has 0 radical (unpaired) electrons. The molecule has 1 heterocycles. The monoisotopic (exact) mass is 330 g/mol. The quantitative estimate of drug-likeness (QED) is 0.921. The van der Waals surface area contributed by atoms with Gasteiger partial charge in [-0.05, 0) is 48.8 Å². The summed E-state index contributed by atoms with van der Waals surface area (Å²) in [6.07, 6.45) is 5.03. The van der Waals surface area contributed by atoms with Crippen molar-refractivity contribution in [2.45, 2.75) is 59.5 Å². The highest BCUT2D eigenvalue weighted by atomic mass is 16.3. The molecule has 1 fully saturated rings. The van der Waals surface area contributed by atoms with Gasteiger partial charge < -0.3 is 9.52 Å². The largest absolute Gasteiger partial charge is 0.472 e. The number of aryl methyl sites for hydroxylation is 1. The molecule has 1 saturated carbocycles. The van der Waals surface area contributed by atoms with Crippen molar-refractivity contribution in [1.82, 2.24) is 0 Å². The number of ketones is 2. The first-order chi connectivity index (χ1) is 11.2. The van der Waals surface area contributed by atoms with Gasteiger partial charge in [0.05, 0.1) is 12.5 Å². The molecule has 0 amide bonds. The van der Waals surface area contributed by atoms with Crippen molar-refractivity contribution < 1.29 is 19.1 Å². The van der Waals surface area contributed by atoms with Crippen LogP contribution in [0.1, 0.15) is 52.5 Å². The minimum absolute atomic E-state index is 0.144. The number of aliphatic hydroxyl groups excluding tert-OH is 1. The minimum Gasteiger partial charge on any atom is -0.472 e. The van der Waals surface area contributed by atoms with Crippen LogP contribution in [0.3, 0.4) is 0 Å². The van der Waals surface area contributed by atoms with E-state index in [0.717, 1.165) is 24.0 Å². The zero-order valence-electron chi connectivity index (χ0n) is 14.9. The summed E-state index contributed by atoms with van der Waals surface area (Å²) in [5, 5.41) is 10.7. The molecular weight excluding hydrogens is 304 g/mol. The second-order valence-electron chi connectivity index (χ2n) is 8.08. The first kappa shape index (κ1) is 17.2. The molecule has 4 nitrogen and oxygen atoms in total. The number of hydrogen-bond donors (Lipinski definition) is 1. The van der Waals surface area contributed by atoms with Crippen LogP contribution in [-0.4, -0.2) is 22.8 Å². The van der Waals surface area contributed by atoms with E-state index in [1.165, 1.54) is 0 Å². The Bertz CT molecular complexity index is 695. The Balaban J connectivity index is 2.02. The normalized spacial score (nSPS) is 32.9. The zero-order chi connectivity index (χ0) is 17.7. The second kappa shape index (κ2) is 5.69. The van der Waals surface area contributed by atoms with E-state index in [1.807, 2.05) is 26.8 Å². The van der Waals surface area contributed by atoms with Crippen LogP contribution in [0.4, 0.5) is 0 Å². The van der Waals surface area contributed by atoms with Gasteiger partial charge in [0.2, 0.25) is 0 Å². The summed E-state index contributed by atoms with van der Waals surface area (Å²) in [4.78, 5) is 25.1. The highest BCUT2D eigenvalue weighted by molar-refractivity contribution is 6.01. The third-order valence-corrected chi connectivity index (χ3v) is 6.39. The van der Waals surface area contributed by atoms with Crippen molar-refractivity contribution in [3.63, 3.8) is 0 Å². The van der Waals surface area contributed by atoms with Gasteiger partial charge in [0.15, 0.2) is 5.78 Å². The highest BCUT2D eigenvalue weighted by Gasteiger charge is 2.59. The molecule has 0 aromatic carbocycles. The molecule has 0 aliphatic heterocycles. The molecule has 1 N–H and O–H groups in total. The lowest BCUT2D eigenvalue weighted by Crippen LogP contribution is -2.58. The lowest BCUT2D eigenvalue weighted by molar-refractivity contribution is -0.153. The topological polar surface area (TPSA) is 67.5 Å². The Morgan fingerprint density at radius 1 is 1.25 bits per heavy atom. The zero-order valence-corrected chi connectivity index (χ0v) is 14.9. The molecule has 0 saturated heterocycles. The third-order valence-electron chi connectivity index (χ3n) is 6.39. The summed E-state index contributed by atoms with van der Waals surface area (Å²) in [6.45, 7) is 7.70. The molecule has 0 unspecified atom stereocenters.